The number of anilines is 1. The lowest BCUT2D eigenvalue weighted by Gasteiger charge is -2.46. The maximum atomic E-state index is 13.7. The highest BCUT2D eigenvalue weighted by molar-refractivity contribution is 6.23. The molecule has 7 rings (SSSR count). The molecule has 29 heavy (non-hydrogen) atoms. The number of carbonyl (C=O) groups excluding carboxylic acids is 2. The average molecular weight is 379 g/mol. The number of hydrogen-bond acceptors (Lipinski definition) is 2. The molecule has 1 aliphatic heterocycles. The van der Waals surface area contributed by atoms with Crippen LogP contribution in [0.3, 0.4) is 0 Å². The first-order valence-electron chi connectivity index (χ1n) is 10.2. The summed E-state index contributed by atoms with van der Waals surface area (Å²) in [5, 5.41) is 0. The standard InChI is InChI=1S/C26H21NO2/c1-14-11-12-18-19(13-14)22-17-9-5-4-8-16(17)21(18)23-24(22)26(29)27(25(23)28)20-10-6-3-7-15(20)2/h3-13,21-24H,1-2H3/t21-,22-,23-,24+/m0/s1. The van der Waals surface area contributed by atoms with Crippen molar-refractivity contribution in [2.75, 3.05) is 4.90 Å². The zero-order valence-corrected chi connectivity index (χ0v) is 16.4. The molecule has 3 aromatic carbocycles. The van der Waals surface area contributed by atoms with Crippen LogP contribution in [-0.2, 0) is 9.59 Å². The van der Waals surface area contributed by atoms with Crippen LogP contribution in [0.25, 0.3) is 0 Å². The fourth-order valence-electron chi connectivity index (χ4n) is 5.90. The molecule has 1 fully saturated rings. The van der Waals surface area contributed by atoms with E-state index < -0.39 is 0 Å². The minimum Gasteiger partial charge on any atom is -0.274 e. The van der Waals surface area contributed by atoms with E-state index in [1.165, 1.54) is 32.7 Å². The number of benzene rings is 3. The van der Waals surface area contributed by atoms with E-state index in [0.29, 0.717) is 0 Å². The number of hydrogen-bond donors (Lipinski definition) is 0. The number of para-hydroxylation sites is 1. The molecule has 3 heteroatoms. The van der Waals surface area contributed by atoms with Crippen molar-refractivity contribution in [1.82, 2.24) is 0 Å². The lowest BCUT2D eigenvalue weighted by atomic mass is 9.55. The maximum absolute atomic E-state index is 13.7. The van der Waals surface area contributed by atoms with Crippen molar-refractivity contribution in [2.45, 2.75) is 25.7 Å². The summed E-state index contributed by atoms with van der Waals surface area (Å²) in [6, 6.07) is 22.6. The van der Waals surface area contributed by atoms with Crippen LogP contribution >= 0.6 is 0 Å². The van der Waals surface area contributed by atoms with Gasteiger partial charge >= 0.3 is 0 Å². The summed E-state index contributed by atoms with van der Waals surface area (Å²) in [6.45, 7) is 4.05. The largest absolute Gasteiger partial charge is 0.274 e. The van der Waals surface area contributed by atoms with Gasteiger partial charge in [0.2, 0.25) is 11.8 Å². The van der Waals surface area contributed by atoms with Gasteiger partial charge in [0.05, 0.1) is 17.5 Å². The minimum absolute atomic E-state index is 0.0500. The van der Waals surface area contributed by atoms with Crippen molar-refractivity contribution in [3.63, 3.8) is 0 Å². The molecule has 3 nitrogen and oxygen atoms in total. The van der Waals surface area contributed by atoms with Gasteiger partial charge in [-0.25, -0.2) is 4.90 Å². The van der Waals surface area contributed by atoms with E-state index in [2.05, 4.69) is 37.3 Å². The summed E-state index contributed by atoms with van der Waals surface area (Å²) in [5.74, 6) is -0.853. The van der Waals surface area contributed by atoms with Gasteiger partial charge in [0.15, 0.2) is 0 Å². The van der Waals surface area contributed by atoms with Gasteiger partial charge in [0.25, 0.3) is 0 Å². The molecular formula is C26H21NO2. The highest BCUT2D eigenvalue weighted by Gasteiger charge is 2.61. The van der Waals surface area contributed by atoms with Crippen LogP contribution in [-0.4, -0.2) is 11.8 Å². The second kappa shape index (κ2) is 5.66. The number of amides is 2. The van der Waals surface area contributed by atoms with Crippen molar-refractivity contribution < 1.29 is 9.59 Å². The molecule has 142 valence electrons. The molecule has 0 N–H and O–H groups in total. The van der Waals surface area contributed by atoms with Gasteiger partial charge in [-0.3, -0.25) is 9.59 Å². The normalized spacial score (nSPS) is 26.3. The van der Waals surface area contributed by atoms with Crippen LogP contribution in [0.5, 0.6) is 0 Å². The van der Waals surface area contributed by atoms with E-state index in [0.717, 1.165) is 11.3 Å². The van der Waals surface area contributed by atoms with Crippen molar-refractivity contribution in [3.05, 3.63) is 100 Å². The van der Waals surface area contributed by atoms with Crippen LogP contribution < -0.4 is 4.90 Å². The molecule has 1 heterocycles. The first kappa shape index (κ1) is 16.7. The second-order valence-corrected chi connectivity index (χ2v) is 8.57. The fourth-order valence-corrected chi connectivity index (χ4v) is 5.90. The van der Waals surface area contributed by atoms with Gasteiger partial charge in [-0.15, -0.1) is 0 Å². The van der Waals surface area contributed by atoms with E-state index in [-0.39, 0.29) is 35.5 Å². The molecule has 0 radical (unpaired) electrons. The van der Waals surface area contributed by atoms with Crippen LogP contribution in [0.1, 0.15) is 45.2 Å². The Kier molecular flexibility index (Phi) is 3.27. The quantitative estimate of drug-likeness (QED) is 0.575. The first-order valence-corrected chi connectivity index (χ1v) is 10.2. The topological polar surface area (TPSA) is 37.4 Å². The summed E-state index contributed by atoms with van der Waals surface area (Å²) < 4.78 is 0. The Balaban J connectivity index is 1.60. The Hall–Kier alpha value is -3.20. The van der Waals surface area contributed by atoms with Gasteiger partial charge in [0, 0.05) is 11.8 Å². The summed E-state index contributed by atoms with van der Waals surface area (Å²) in [6.07, 6.45) is 0. The molecule has 0 spiro atoms. The summed E-state index contributed by atoms with van der Waals surface area (Å²) in [4.78, 5) is 28.9. The number of carbonyl (C=O) groups is 2. The van der Waals surface area contributed by atoms with Crippen molar-refractivity contribution in [1.29, 1.82) is 0 Å². The van der Waals surface area contributed by atoms with E-state index in [1.807, 2.05) is 43.3 Å². The summed E-state index contributed by atoms with van der Waals surface area (Å²) >= 11 is 0. The Morgan fingerprint density at radius 1 is 0.655 bits per heavy atom. The first-order chi connectivity index (χ1) is 14.1. The minimum atomic E-state index is -0.323. The number of imide groups is 1. The van der Waals surface area contributed by atoms with Crippen LogP contribution in [0.2, 0.25) is 0 Å². The van der Waals surface area contributed by atoms with Crippen LogP contribution in [0.15, 0.2) is 66.7 Å². The third-order valence-electron chi connectivity index (χ3n) is 7.05. The molecule has 3 aromatic rings. The van der Waals surface area contributed by atoms with E-state index in [9.17, 15) is 9.59 Å². The van der Waals surface area contributed by atoms with Crippen LogP contribution in [0, 0.1) is 25.7 Å². The number of aryl methyl sites for hydroxylation is 2. The summed E-state index contributed by atoms with van der Waals surface area (Å²) in [5.41, 5.74) is 7.73. The number of nitrogens with zero attached hydrogens (tertiary/aromatic N) is 1. The monoisotopic (exact) mass is 379 g/mol. The molecule has 4 aliphatic rings. The third kappa shape index (κ3) is 2.02. The zero-order chi connectivity index (χ0) is 19.9. The smallest absolute Gasteiger partial charge is 0.238 e. The molecule has 0 saturated carbocycles. The van der Waals surface area contributed by atoms with Crippen molar-refractivity contribution in [2.24, 2.45) is 11.8 Å². The lowest BCUT2D eigenvalue weighted by molar-refractivity contribution is -0.122. The Labute approximate surface area is 170 Å². The molecule has 0 aromatic heterocycles. The Morgan fingerprint density at radius 2 is 1.21 bits per heavy atom. The summed E-state index contributed by atoms with van der Waals surface area (Å²) in [7, 11) is 0. The number of rotatable bonds is 1. The van der Waals surface area contributed by atoms with Gasteiger partial charge in [-0.2, -0.15) is 0 Å². The van der Waals surface area contributed by atoms with E-state index >= 15 is 0 Å². The Bertz CT molecular complexity index is 1210. The molecular weight excluding hydrogens is 358 g/mol. The zero-order valence-electron chi connectivity index (χ0n) is 16.4. The van der Waals surface area contributed by atoms with Gasteiger partial charge < -0.3 is 0 Å². The lowest BCUT2D eigenvalue weighted by Crippen LogP contribution is -2.41. The predicted molar refractivity (Wildman–Crippen MR) is 112 cm³/mol. The molecule has 2 bridgehead atoms. The fraction of sp³-hybridized carbons (Fsp3) is 0.231. The molecule has 1 saturated heterocycles. The van der Waals surface area contributed by atoms with Crippen molar-refractivity contribution >= 4 is 17.5 Å². The highest BCUT2D eigenvalue weighted by atomic mass is 16.2. The van der Waals surface area contributed by atoms with Gasteiger partial charge in [-0.1, -0.05) is 66.2 Å². The Morgan fingerprint density at radius 3 is 1.86 bits per heavy atom. The van der Waals surface area contributed by atoms with E-state index in [1.54, 1.807) is 0 Å². The molecule has 4 atom stereocenters. The third-order valence-corrected chi connectivity index (χ3v) is 7.05. The SMILES string of the molecule is Cc1ccc2c(c1)[C@@H]1c3ccccc3[C@@H]2[C@@H]2C(=O)N(c3ccccc3C)C(=O)[C@H]12. The van der Waals surface area contributed by atoms with Gasteiger partial charge in [0.1, 0.15) is 0 Å². The van der Waals surface area contributed by atoms with E-state index in [4.69, 9.17) is 0 Å². The molecule has 3 aliphatic carbocycles. The maximum Gasteiger partial charge on any atom is 0.238 e. The van der Waals surface area contributed by atoms with Crippen molar-refractivity contribution in [3.8, 4) is 0 Å². The molecule has 2 amide bonds. The highest BCUT2D eigenvalue weighted by Crippen LogP contribution is 2.61. The predicted octanol–water partition coefficient (Wildman–Crippen LogP) is 4.70. The van der Waals surface area contributed by atoms with Crippen LogP contribution in [0.4, 0.5) is 5.69 Å². The average Bonchev–Trinajstić information content (AvgIpc) is 2.99. The molecule has 0 unspecified atom stereocenters. The van der Waals surface area contributed by atoms with Gasteiger partial charge in [-0.05, 0) is 47.7 Å². The second-order valence-electron chi connectivity index (χ2n) is 8.57.